The molecule has 0 spiro atoms. The second-order valence-electron chi connectivity index (χ2n) is 3.65. The highest BCUT2D eigenvalue weighted by Crippen LogP contribution is 2.28. The number of nitrogens with two attached hydrogens (primary N) is 1. The highest BCUT2D eigenvalue weighted by Gasteiger charge is 2.01. The zero-order valence-corrected chi connectivity index (χ0v) is 10.7. The van der Waals surface area contributed by atoms with E-state index in [9.17, 15) is 0 Å². The van der Waals surface area contributed by atoms with Gasteiger partial charge >= 0.3 is 0 Å². The summed E-state index contributed by atoms with van der Waals surface area (Å²) in [6.45, 7) is 5.25. The average molecular weight is 245 g/mol. The Morgan fingerprint density at radius 1 is 1.47 bits per heavy atom. The second kappa shape index (κ2) is 6.26. The lowest BCUT2D eigenvalue weighted by Gasteiger charge is -2.08. The average Bonchev–Trinajstić information content (AvgIpc) is 2.17. The zero-order valence-electron chi connectivity index (χ0n) is 9.09. The SMILES string of the molecule is CC(C)NCCSc1cc(N)ccc1Cl. The van der Waals surface area contributed by atoms with Crippen molar-refractivity contribution >= 4 is 29.1 Å². The van der Waals surface area contributed by atoms with E-state index in [0.717, 1.165) is 27.9 Å². The van der Waals surface area contributed by atoms with Crippen LogP contribution in [-0.4, -0.2) is 18.3 Å². The van der Waals surface area contributed by atoms with E-state index in [2.05, 4.69) is 19.2 Å². The van der Waals surface area contributed by atoms with Gasteiger partial charge in [0.05, 0.1) is 5.02 Å². The van der Waals surface area contributed by atoms with Crippen molar-refractivity contribution in [3.8, 4) is 0 Å². The van der Waals surface area contributed by atoms with E-state index in [1.54, 1.807) is 11.8 Å². The van der Waals surface area contributed by atoms with Gasteiger partial charge in [-0.25, -0.2) is 0 Å². The van der Waals surface area contributed by atoms with Crippen LogP contribution in [0.1, 0.15) is 13.8 Å². The first-order valence-corrected chi connectivity index (χ1v) is 6.37. The van der Waals surface area contributed by atoms with Crippen molar-refractivity contribution in [2.24, 2.45) is 0 Å². The Labute approximate surface area is 101 Å². The normalized spacial score (nSPS) is 10.9. The lowest BCUT2D eigenvalue weighted by molar-refractivity contribution is 0.616. The van der Waals surface area contributed by atoms with Crippen molar-refractivity contribution in [2.75, 3.05) is 18.0 Å². The molecule has 0 saturated carbocycles. The summed E-state index contributed by atoms with van der Waals surface area (Å²) in [6, 6.07) is 6.11. The Kier molecular flexibility index (Phi) is 5.29. The lowest BCUT2D eigenvalue weighted by atomic mass is 10.3. The van der Waals surface area contributed by atoms with Crippen molar-refractivity contribution in [1.29, 1.82) is 0 Å². The predicted molar refractivity (Wildman–Crippen MR) is 69.7 cm³/mol. The summed E-state index contributed by atoms with van der Waals surface area (Å²) in [5, 5.41) is 4.13. The third kappa shape index (κ3) is 4.78. The molecule has 0 aliphatic carbocycles. The number of anilines is 1. The molecule has 0 radical (unpaired) electrons. The molecule has 1 aromatic rings. The molecule has 0 bridgehead atoms. The number of rotatable bonds is 5. The predicted octanol–water partition coefficient (Wildman–Crippen LogP) is 3.01. The van der Waals surface area contributed by atoms with Gasteiger partial charge in [-0.1, -0.05) is 25.4 Å². The summed E-state index contributed by atoms with van der Waals surface area (Å²) in [7, 11) is 0. The Balaban J connectivity index is 2.40. The van der Waals surface area contributed by atoms with Crippen molar-refractivity contribution in [3.05, 3.63) is 23.2 Å². The molecule has 1 rings (SSSR count). The van der Waals surface area contributed by atoms with Crippen molar-refractivity contribution in [2.45, 2.75) is 24.8 Å². The standard InChI is InChI=1S/C11H17ClN2S/c1-8(2)14-5-6-15-11-7-9(13)3-4-10(11)12/h3-4,7-8,14H,5-6,13H2,1-2H3. The van der Waals surface area contributed by atoms with Crippen LogP contribution in [0.2, 0.25) is 5.02 Å². The van der Waals surface area contributed by atoms with Crippen molar-refractivity contribution in [1.82, 2.24) is 5.32 Å². The van der Waals surface area contributed by atoms with E-state index >= 15 is 0 Å². The minimum absolute atomic E-state index is 0.530. The van der Waals surface area contributed by atoms with Gasteiger partial charge in [-0.3, -0.25) is 0 Å². The summed E-state index contributed by atoms with van der Waals surface area (Å²) in [5.41, 5.74) is 6.46. The van der Waals surface area contributed by atoms with Crippen LogP contribution in [0.15, 0.2) is 23.1 Å². The Morgan fingerprint density at radius 3 is 2.87 bits per heavy atom. The van der Waals surface area contributed by atoms with E-state index < -0.39 is 0 Å². The maximum Gasteiger partial charge on any atom is 0.0543 e. The Bertz CT molecular complexity index is 315. The van der Waals surface area contributed by atoms with Crippen molar-refractivity contribution in [3.63, 3.8) is 0 Å². The fourth-order valence-electron chi connectivity index (χ4n) is 1.14. The Morgan fingerprint density at radius 2 is 2.20 bits per heavy atom. The van der Waals surface area contributed by atoms with E-state index in [0.29, 0.717) is 6.04 Å². The van der Waals surface area contributed by atoms with Crippen LogP contribution in [0.5, 0.6) is 0 Å². The van der Waals surface area contributed by atoms with Gasteiger partial charge in [-0.05, 0) is 18.2 Å². The van der Waals surface area contributed by atoms with E-state index in [1.807, 2.05) is 18.2 Å². The fourth-order valence-corrected chi connectivity index (χ4v) is 2.29. The van der Waals surface area contributed by atoms with Gasteiger partial charge in [0.15, 0.2) is 0 Å². The van der Waals surface area contributed by atoms with E-state index in [1.165, 1.54) is 0 Å². The highest BCUT2D eigenvalue weighted by molar-refractivity contribution is 7.99. The molecule has 0 amide bonds. The highest BCUT2D eigenvalue weighted by atomic mass is 35.5. The molecule has 2 nitrogen and oxygen atoms in total. The maximum absolute atomic E-state index is 6.04. The van der Waals surface area contributed by atoms with Gasteiger partial charge in [0.2, 0.25) is 0 Å². The summed E-state index contributed by atoms with van der Waals surface area (Å²) < 4.78 is 0. The van der Waals surface area contributed by atoms with Crippen LogP contribution in [0, 0.1) is 0 Å². The molecule has 0 aliphatic rings. The molecule has 84 valence electrons. The van der Waals surface area contributed by atoms with Gasteiger partial charge < -0.3 is 11.1 Å². The van der Waals surface area contributed by atoms with Gasteiger partial charge in [0.25, 0.3) is 0 Å². The fraction of sp³-hybridized carbons (Fsp3) is 0.455. The quantitative estimate of drug-likeness (QED) is 0.475. The molecule has 3 N–H and O–H groups in total. The van der Waals surface area contributed by atoms with Crippen LogP contribution in [0.4, 0.5) is 5.69 Å². The molecule has 0 unspecified atom stereocenters. The monoisotopic (exact) mass is 244 g/mol. The summed E-state index contributed by atoms with van der Waals surface area (Å²) in [4.78, 5) is 1.06. The molecule has 0 atom stereocenters. The maximum atomic E-state index is 6.04. The van der Waals surface area contributed by atoms with E-state index in [-0.39, 0.29) is 0 Å². The van der Waals surface area contributed by atoms with Gasteiger partial charge in [-0.15, -0.1) is 11.8 Å². The van der Waals surface area contributed by atoms with Crippen LogP contribution in [0.25, 0.3) is 0 Å². The van der Waals surface area contributed by atoms with Gasteiger partial charge in [0, 0.05) is 28.9 Å². The number of hydrogen-bond acceptors (Lipinski definition) is 3. The van der Waals surface area contributed by atoms with Gasteiger partial charge in [0.1, 0.15) is 0 Å². The van der Waals surface area contributed by atoms with Gasteiger partial charge in [-0.2, -0.15) is 0 Å². The van der Waals surface area contributed by atoms with Crippen LogP contribution >= 0.6 is 23.4 Å². The third-order valence-electron chi connectivity index (χ3n) is 1.87. The minimum Gasteiger partial charge on any atom is -0.399 e. The molecule has 0 saturated heterocycles. The third-order valence-corrected chi connectivity index (χ3v) is 3.37. The molecule has 1 aromatic carbocycles. The van der Waals surface area contributed by atoms with Crippen LogP contribution < -0.4 is 11.1 Å². The number of nitrogen functional groups attached to an aromatic ring is 1. The smallest absolute Gasteiger partial charge is 0.0543 e. The van der Waals surface area contributed by atoms with E-state index in [4.69, 9.17) is 17.3 Å². The molecular weight excluding hydrogens is 228 g/mol. The zero-order chi connectivity index (χ0) is 11.3. The van der Waals surface area contributed by atoms with Crippen LogP contribution in [0.3, 0.4) is 0 Å². The number of hydrogen-bond donors (Lipinski definition) is 2. The second-order valence-corrected chi connectivity index (χ2v) is 5.19. The summed E-state index contributed by atoms with van der Waals surface area (Å²) in [5.74, 6) is 1.00. The number of nitrogens with one attached hydrogen (secondary N) is 1. The number of benzene rings is 1. The molecule has 0 fully saturated rings. The number of halogens is 1. The number of thioether (sulfide) groups is 1. The topological polar surface area (TPSA) is 38.0 Å². The lowest BCUT2D eigenvalue weighted by Crippen LogP contribution is -2.24. The molecular formula is C11H17ClN2S. The minimum atomic E-state index is 0.530. The Hall–Kier alpha value is -0.380. The molecule has 0 aliphatic heterocycles. The summed E-state index contributed by atoms with van der Waals surface area (Å²) >= 11 is 7.77. The largest absolute Gasteiger partial charge is 0.399 e. The molecule has 0 heterocycles. The first-order chi connectivity index (χ1) is 7.09. The van der Waals surface area contributed by atoms with Crippen LogP contribution in [-0.2, 0) is 0 Å². The molecule has 15 heavy (non-hydrogen) atoms. The molecule has 0 aromatic heterocycles. The first-order valence-electron chi connectivity index (χ1n) is 5.01. The summed E-state index contributed by atoms with van der Waals surface area (Å²) in [6.07, 6.45) is 0. The molecule has 4 heteroatoms. The van der Waals surface area contributed by atoms with Crippen molar-refractivity contribution < 1.29 is 0 Å². The first kappa shape index (κ1) is 12.7.